The maximum Gasteiger partial charge on any atom is 0.268 e. The number of ether oxygens (including phenoxy) is 1. The molecule has 134 valence electrons. The van der Waals surface area contributed by atoms with Crippen molar-refractivity contribution in [1.82, 2.24) is 15.1 Å². The van der Waals surface area contributed by atoms with Gasteiger partial charge in [0.05, 0.1) is 24.6 Å². The molecule has 1 saturated heterocycles. The summed E-state index contributed by atoms with van der Waals surface area (Å²) in [5, 5.41) is 7.05. The Bertz CT molecular complexity index is 627. The van der Waals surface area contributed by atoms with Gasteiger partial charge in [-0.05, 0) is 12.8 Å². The smallest absolute Gasteiger partial charge is 0.268 e. The summed E-state index contributed by atoms with van der Waals surface area (Å²) in [6, 6.07) is 1.60. The van der Waals surface area contributed by atoms with Crippen molar-refractivity contribution in [3.05, 3.63) is 22.6 Å². The highest BCUT2D eigenvalue weighted by molar-refractivity contribution is 5.81. The van der Waals surface area contributed by atoms with Crippen molar-refractivity contribution >= 4 is 11.6 Å². The molecule has 7 nitrogen and oxygen atoms in total. The second kappa shape index (κ2) is 7.79. The van der Waals surface area contributed by atoms with Crippen LogP contribution in [0.5, 0.6) is 0 Å². The highest BCUT2D eigenvalue weighted by Gasteiger charge is 2.26. The number of nitrogens with one attached hydrogen (secondary N) is 1. The summed E-state index contributed by atoms with van der Waals surface area (Å²) >= 11 is 0. The van der Waals surface area contributed by atoms with Crippen LogP contribution < -0.4 is 15.8 Å². The van der Waals surface area contributed by atoms with E-state index in [1.807, 2.05) is 20.8 Å². The van der Waals surface area contributed by atoms with Crippen LogP contribution in [0.25, 0.3) is 0 Å². The van der Waals surface area contributed by atoms with E-state index in [-0.39, 0.29) is 23.0 Å². The summed E-state index contributed by atoms with van der Waals surface area (Å²) in [6.45, 7) is 8.54. The van der Waals surface area contributed by atoms with Crippen LogP contribution in [-0.4, -0.2) is 48.0 Å². The third-order valence-electron chi connectivity index (χ3n) is 4.71. The minimum absolute atomic E-state index is 0.0350. The zero-order valence-electron chi connectivity index (χ0n) is 15.0. The molecule has 1 aromatic rings. The number of hydrogen-bond donors (Lipinski definition) is 1. The summed E-state index contributed by atoms with van der Waals surface area (Å²) in [6.07, 6.45) is 3.30. The molecule has 0 aliphatic carbocycles. The van der Waals surface area contributed by atoms with Gasteiger partial charge in [-0.3, -0.25) is 9.59 Å². The number of nitrogens with zero attached hydrogens (tertiary/aromatic N) is 3. The monoisotopic (exact) mass is 336 g/mol. The number of rotatable bonds is 6. The molecule has 0 radical (unpaired) electrons. The Morgan fingerprint density at radius 2 is 2.25 bits per heavy atom. The summed E-state index contributed by atoms with van der Waals surface area (Å²) in [7, 11) is 1.63. The first-order valence-electron chi connectivity index (χ1n) is 8.51. The van der Waals surface area contributed by atoms with E-state index < -0.39 is 0 Å². The SMILES string of the molecule is CCC(C)(C)C(=O)NCC[C@H]1CN(c2cnn(C)c(=O)c2)CCO1. The van der Waals surface area contributed by atoms with Gasteiger partial charge >= 0.3 is 0 Å². The van der Waals surface area contributed by atoms with E-state index in [9.17, 15) is 9.59 Å². The van der Waals surface area contributed by atoms with Crippen molar-refractivity contribution in [2.24, 2.45) is 12.5 Å². The largest absolute Gasteiger partial charge is 0.374 e. The van der Waals surface area contributed by atoms with Gasteiger partial charge in [0, 0.05) is 38.2 Å². The van der Waals surface area contributed by atoms with Gasteiger partial charge in [0.15, 0.2) is 0 Å². The van der Waals surface area contributed by atoms with E-state index in [0.717, 1.165) is 25.1 Å². The second-order valence-electron chi connectivity index (χ2n) is 6.90. The third kappa shape index (κ3) is 4.56. The lowest BCUT2D eigenvalue weighted by molar-refractivity contribution is -0.129. The summed E-state index contributed by atoms with van der Waals surface area (Å²) in [4.78, 5) is 25.9. The van der Waals surface area contributed by atoms with Crippen molar-refractivity contribution in [1.29, 1.82) is 0 Å². The van der Waals surface area contributed by atoms with E-state index in [1.54, 1.807) is 19.3 Å². The van der Waals surface area contributed by atoms with Crippen LogP contribution in [0.1, 0.15) is 33.6 Å². The Hall–Kier alpha value is -1.89. The standard InChI is InChI=1S/C17H28N4O3/c1-5-17(2,3)16(23)18-7-6-14-12-21(8-9-24-14)13-10-15(22)20(4)19-11-13/h10-11,14H,5-9,12H2,1-4H3,(H,18,23)/t14-/m0/s1. The molecule has 0 saturated carbocycles. The molecule has 1 amide bonds. The Morgan fingerprint density at radius 3 is 2.92 bits per heavy atom. The molecule has 0 spiro atoms. The highest BCUT2D eigenvalue weighted by Crippen LogP contribution is 2.20. The fourth-order valence-corrected chi connectivity index (χ4v) is 2.51. The Balaban J connectivity index is 1.86. The zero-order valence-corrected chi connectivity index (χ0v) is 15.0. The van der Waals surface area contributed by atoms with Crippen LogP contribution in [0.4, 0.5) is 5.69 Å². The molecule has 24 heavy (non-hydrogen) atoms. The van der Waals surface area contributed by atoms with E-state index >= 15 is 0 Å². The summed E-state index contributed by atoms with van der Waals surface area (Å²) in [5.74, 6) is 0.0772. The van der Waals surface area contributed by atoms with Gasteiger partial charge in [-0.25, -0.2) is 4.68 Å². The topological polar surface area (TPSA) is 76.5 Å². The van der Waals surface area contributed by atoms with Crippen molar-refractivity contribution in [2.45, 2.75) is 39.7 Å². The van der Waals surface area contributed by atoms with E-state index in [0.29, 0.717) is 19.7 Å². The maximum atomic E-state index is 12.1. The van der Waals surface area contributed by atoms with Crippen molar-refractivity contribution in [3.63, 3.8) is 0 Å². The Morgan fingerprint density at radius 1 is 1.50 bits per heavy atom. The first-order chi connectivity index (χ1) is 11.3. The summed E-state index contributed by atoms with van der Waals surface area (Å²) in [5.41, 5.74) is 0.363. The maximum absolute atomic E-state index is 12.1. The van der Waals surface area contributed by atoms with Gasteiger partial charge in [0.25, 0.3) is 5.56 Å². The predicted octanol–water partition coefficient (Wildman–Crippen LogP) is 0.928. The molecule has 1 aliphatic heterocycles. The predicted molar refractivity (Wildman–Crippen MR) is 93.1 cm³/mol. The van der Waals surface area contributed by atoms with E-state index in [1.165, 1.54) is 4.68 Å². The van der Waals surface area contributed by atoms with Crippen molar-refractivity contribution in [2.75, 3.05) is 31.1 Å². The normalized spacial score (nSPS) is 18.5. The quantitative estimate of drug-likeness (QED) is 0.836. The molecule has 1 aliphatic rings. The average molecular weight is 336 g/mol. The lowest BCUT2D eigenvalue weighted by Gasteiger charge is -2.34. The van der Waals surface area contributed by atoms with Gasteiger partial charge < -0.3 is 15.0 Å². The number of amides is 1. The van der Waals surface area contributed by atoms with Crippen molar-refractivity contribution in [3.8, 4) is 0 Å². The van der Waals surface area contributed by atoms with E-state index in [4.69, 9.17) is 4.74 Å². The van der Waals surface area contributed by atoms with Gasteiger partial charge in [-0.15, -0.1) is 0 Å². The van der Waals surface area contributed by atoms with Crippen LogP contribution in [0.15, 0.2) is 17.1 Å². The van der Waals surface area contributed by atoms with Crippen LogP contribution in [0.2, 0.25) is 0 Å². The lowest BCUT2D eigenvalue weighted by atomic mass is 9.89. The van der Waals surface area contributed by atoms with Crippen molar-refractivity contribution < 1.29 is 9.53 Å². The second-order valence-corrected chi connectivity index (χ2v) is 6.90. The lowest BCUT2D eigenvalue weighted by Crippen LogP contribution is -2.45. The Kier molecular flexibility index (Phi) is 5.99. The van der Waals surface area contributed by atoms with Gasteiger partial charge in [0.2, 0.25) is 5.91 Å². The third-order valence-corrected chi connectivity index (χ3v) is 4.71. The van der Waals surface area contributed by atoms with E-state index in [2.05, 4.69) is 15.3 Å². The molecule has 0 unspecified atom stereocenters. The minimum atomic E-state index is -0.338. The van der Waals surface area contributed by atoms with Gasteiger partial charge in [-0.2, -0.15) is 5.10 Å². The molecule has 7 heteroatoms. The first-order valence-corrected chi connectivity index (χ1v) is 8.51. The molecule has 1 N–H and O–H groups in total. The number of aryl methyl sites for hydroxylation is 1. The van der Waals surface area contributed by atoms with Crippen LogP contribution in [0, 0.1) is 5.41 Å². The first kappa shape index (κ1) is 18.4. The number of aromatic nitrogens is 2. The number of anilines is 1. The van der Waals surface area contributed by atoms with Crippen LogP contribution >= 0.6 is 0 Å². The molecule has 1 aromatic heterocycles. The fraction of sp³-hybridized carbons (Fsp3) is 0.706. The fourth-order valence-electron chi connectivity index (χ4n) is 2.51. The average Bonchev–Trinajstić information content (AvgIpc) is 2.57. The van der Waals surface area contributed by atoms with Crippen LogP contribution in [0.3, 0.4) is 0 Å². The molecular formula is C17H28N4O3. The highest BCUT2D eigenvalue weighted by atomic mass is 16.5. The van der Waals surface area contributed by atoms with Gasteiger partial charge in [-0.1, -0.05) is 20.8 Å². The minimum Gasteiger partial charge on any atom is -0.374 e. The number of carbonyl (C=O) groups excluding carboxylic acids is 1. The molecule has 2 heterocycles. The molecule has 0 aromatic carbocycles. The molecule has 2 rings (SSSR count). The number of hydrogen-bond acceptors (Lipinski definition) is 5. The zero-order chi connectivity index (χ0) is 17.7. The molecule has 1 atom stereocenters. The molecular weight excluding hydrogens is 308 g/mol. The Labute approximate surface area is 143 Å². The summed E-state index contributed by atoms with van der Waals surface area (Å²) < 4.78 is 7.09. The van der Waals surface area contributed by atoms with Crippen LogP contribution in [-0.2, 0) is 16.6 Å². The number of morpholine rings is 1. The molecule has 0 bridgehead atoms. The van der Waals surface area contributed by atoms with Gasteiger partial charge in [0.1, 0.15) is 0 Å². The molecule has 1 fully saturated rings. The number of carbonyl (C=O) groups is 1.